The van der Waals surface area contributed by atoms with E-state index in [2.05, 4.69) is 9.97 Å². The van der Waals surface area contributed by atoms with Crippen molar-refractivity contribution in [3.05, 3.63) is 105 Å². The van der Waals surface area contributed by atoms with Crippen LogP contribution < -0.4 is 11.2 Å². The zero-order valence-corrected chi connectivity index (χ0v) is 14.9. The summed E-state index contributed by atoms with van der Waals surface area (Å²) < 4.78 is 2.79. The molecule has 0 radical (unpaired) electrons. The molecule has 4 rings (SSSR count). The minimum atomic E-state index is -0.401. The van der Waals surface area contributed by atoms with E-state index in [1.54, 1.807) is 41.2 Å². The summed E-state index contributed by atoms with van der Waals surface area (Å²) >= 11 is 0. The third-order valence-electron chi connectivity index (χ3n) is 4.49. The first kappa shape index (κ1) is 16.9. The fourth-order valence-corrected chi connectivity index (χ4v) is 3.06. The molecular weight excluding hydrogens is 340 g/mol. The Morgan fingerprint density at radius 2 is 1.59 bits per heavy atom. The third-order valence-corrected chi connectivity index (χ3v) is 4.49. The largest absolute Gasteiger partial charge is 0.332 e. The van der Waals surface area contributed by atoms with Crippen molar-refractivity contribution >= 4 is 11.0 Å². The van der Waals surface area contributed by atoms with Crippen LogP contribution in [0.2, 0.25) is 0 Å². The van der Waals surface area contributed by atoms with Crippen molar-refractivity contribution in [1.82, 2.24) is 19.1 Å². The van der Waals surface area contributed by atoms with E-state index in [4.69, 9.17) is 0 Å². The van der Waals surface area contributed by atoms with Crippen LogP contribution in [0.4, 0.5) is 0 Å². The van der Waals surface area contributed by atoms with E-state index >= 15 is 0 Å². The Kier molecular flexibility index (Phi) is 4.38. The summed E-state index contributed by atoms with van der Waals surface area (Å²) in [7, 11) is 0. The van der Waals surface area contributed by atoms with Gasteiger partial charge in [0.15, 0.2) is 5.52 Å². The topological polar surface area (TPSA) is 69.8 Å². The maximum Gasteiger partial charge on any atom is 0.332 e. The third kappa shape index (κ3) is 3.29. The Balaban J connectivity index is 1.90. The molecule has 0 aliphatic carbocycles. The van der Waals surface area contributed by atoms with Gasteiger partial charge < -0.3 is 0 Å². The molecule has 0 bridgehead atoms. The van der Waals surface area contributed by atoms with Gasteiger partial charge in [0.2, 0.25) is 0 Å². The monoisotopic (exact) mass is 358 g/mol. The summed E-state index contributed by atoms with van der Waals surface area (Å²) in [5.41, 5.74) is 2.82. The van der Waals surface area contributed by atoms with Crippen molar-refractivity contribution < 1.29 is 0 Å². The molecule has 6 nitrogen and oxygen atoms in total. The van der Waals surface area contributed by atoms with Crippen LogP contribution in [0, 0.1) is 6.92 Å². The van der Waals surface area contributed by atoms with E-state index in [0.29, 0.717) is 17.8 Å². The quantitative estimate of drug-likeness (QED) is 0.562. The molecule has 0 aliphatic heterocycles. The van der Waals surface area contributed by atoms with E-state index in [1.807, 2.05) is 37.3 Å². The second kappa shape index (κ2) is 6.99. The van der Waals surface area contributed by atoms with Crippen LogP contribution in [-0.4, -0.2) is 19.1 Å². The lowest BCUT2D eigenvalue weighted by atomic mass is 10.1. The highest BCUT2D eigenvalue weighted by atomic mass is 16.2. The SMILES string of the molecule is Cc1ccc(Cn2c(=O)n(Cc3ccccn3)c(=O)c3ncccc32)cc1. The molecule has 0 amide bonds. The maximum absolute atomic E-state index is 13.1. The zero-order chi connectivity index (χ0) is 18.8. The molecule has 1 aromatic carbocycles. The smallest absolute Gasteiger partial charge is 0.287 e. The van der Waals surface area contributed by atoms with Crippen LogP contribution in [-0.2, 0) is 13.1 Å². The minimum Gasteiger partial charge on any atom is -0.287 e. The fraction of sp³-hybridized carbons (Fsp3) is 0.143. The number of nitrogens with zero attached hydrogens (tertiary/aromatic N) is 4. The first-order chi connectivity index (χ1) is 13.1. The lowest BCUT2D eigenvalue weighted by Gasteiger charge is -2.13. The predicted octanol–water partition coefficient (Wildman–Crippen LogP) is 2.36. The number of fused-ring (bicyclic) bond motifs is 1. The van der Waals surface area contributed by atoms with Crippen molar-refractivity contribution in [1.29, 1.82) is 0 Å². The highest BCUT2D eigenvalue weighted by molar-refractivity contribution is 5.73. The zero-order valence-electron chi connectivity index (χ0n) is 14.9. The molecule has 0 atom stereocenters. The summed E-state index contributed by atoms with van der Waals surface area (Å²) in [6.45, 7) is 2.49. The molecule has 0 N–H and O–H groups in total. The number of hydrogen-bond donors (Lipinski definition) is 0. The van der Waals surface area contributed by atoms with Gasteiger partial charge in [-0.2, -0.15) is 0 Å². The lowest BCUT2D eigenvalue weighted by Crippen LogP contribution is -2.41. The molecule has 3 aromatic heterocycles. The second-order valence-corrected chi connectivity index (χ2v) is 6.44. The van der Waals surface area contributed by atoms with E-state index in [0.717, 1.165) is 11.1 Å². The van der Waals surface area contributed by atoms with Crippen LogP contribution in [0.1, 0.15) is 16.8 Å². The van der Waals surface area contributed by atoms with Crippen LogP contribution >= 0.6 is 0 Å². The van der Waals surface area contributed by atoms with Gasteiger partial charge in [-0.15, -0.1) is 0 Å². The summed E-state index contributed by atoms with van der Waals surface area (Å²) in [6.07, 6.45) is 3.21. The first-order valence-corrected chi connectivity index (χ1v) is 8.67. The van der Waals surface area contributed by atoms with Gasteiger partial charge in [-0.3, -0.25) is 18.9 Å². The van der Waals surface area contributed by atoms with Crippen LogP contribution in [0.3, 0.4) is 0 Å². The molecule has 0 fully saturated rings. The molecule has 0 aliphatic rings. The van der Waals surface area contributed by atoms with Gasteiger partial charge in [-0.1, -0.05) is 35.9 Å². The Bertz CT molecular complexity index is 1210. The number of aromatic nitrogens is 4. The van der Waals surface area contributed by atoms with Gasteiger partial charge in [-0.25, -0.2) is 9.78 Å². The molecular formula is C21H18N4O2. The fourth-order valence-electron chi connectivity index (χ4n) is 3.06. The highest BCUT2D eigenvalue weighted by Crippen LogP contribution is 2.10. The predicted molar refractivity (Wildman–Crippen MR) is 104 cm³/mol. The molecule has 0 spiro atoms. The van der Waals surface area contributed by atoms with E-state index < -0.39 is 5.56 Å². The van der Waals surface area contributed by atoms with Gasteiger partial charge in [0.25, 0.3) is 5.56 Å². The average Bonchev–Trinajstić information content (AvgIpc) is 2.71. The lowest BCUT2D eigenvalue weighted by molar-refractivity contribution is 0.626. The van der Waals surface area contributed by atoms with Crippen molar-refractivity contribution in [3.63, 3.8) is 0 Å². The summed E-state index contributed by atoms with van der Waals surface area (Å²) in [4.78, 5) is 34.5. The standard InChI is InChI=1S/C21H18N4O2/c1-15-7-9-16(10-8-15)13-24-18-6-4-12-23-19(18)20(26)25(21(24)27)14-17-5-2-3-11-22-17/h2-12H,13-14H2,1H3. The Hall–Kier alpha value is -3.54. The summed E-state index contributed by atoms with van der Waals surface area (Å²) in [6, 6.07) is 16.9. The summed E-state index contributed by atoms with van der Waals surface area (Å²) in [5.74, 6) is 0. The number of benzene rings is 1. The molecule has 4 aromatic rings. The Labute approximate surface area is 155 Å². The van der Waals surface area contributed by atoms with Crippen molar-refractivity contribution in [2.45, 2.75) is 20.0 Å². The van der Waals surface area contributed by atoms with Crippen LogP contribution in [0.15, 0.2) is 76.6 Å². The van der Waals surface area contributed by atoms with Crippen molar-refractivity contribution in [2.75, 3.05) is 0 Å². The average molecular weight is 358 g/mol. The highest BCUT2D eigenvalue weighted by Gasteiger charge is 2.14. The van der Waals surface area contributed by atoms with Gasteiger partial charge in [-0.05, 0) is 36.8 Å². The van der Waals surface area contributed by atoms with E-state index in [1.165, 1.54) is 4.57 Å². The molecule has 0 saturated carbocycles. The number of aryl methyl sites for hydroxylation is 1. The number of rotatable bonds is 4. The van der Waals surface area contributed by atoms with Crippen LogP contribution in [0.25, 0.3) is 11.0 Å². The molecule has 0 saturated heterocycles. The normalized spacial score (nSPS) is 11.0. The molecule has 0 unspecified atom stereocenters. The van der Waals surface area contributed by atoms with E-state index in [9.17, 15) is 9.59 Å². The van der Waals surface area contributed by atoms with Crippen molar-refractivity contribution in [3.8, 4) is 0 Å². The first-order valence-electron chi connectivity index (χ1n) is 8.67. The molecule has 27 heavy (non-hydrogen) atoms. The van der Waals surface area contributed by atoms with Gasteiger partial charge >= 0.3 is 5.69 Å². The van der Waals surface area contributed by atoms with E-state index in [-0.39, 0.29) is 17.8 Å². The number of pyridine rings is 2. The molecule has 134 valence electrons. The second-order valence-electron chi connectivity index (χ2n) is 6.44. The molecule has 3 heterocycles. The maximum atomic E-state index is 13.1. The Morgan fingerprint density at radius 3 is 2.33 bits per heavy atom. The number of hydrogen-bond acceptors (Lipinski definition) is 4. The summed E-state index contributed by atoms with van der Waals surface area (Å²) in [5, 5.41) is 0. The van der Waals surface area contributed by atoms with Crippen LogP contribution in [0.5, 0.6) is 0 Å². The van der Waals surface area contributed by atoms with Gasteiger partial charge in [0.1, 0.15) is 0 Å². The molecule has 6 heteroatoms. The van der Waals surface area contributed by atoms with Gasteiger partial charge in [0.05, 0.1) is 24.3 Å². The Morgan fingerprint density at radius 1 is 0.815 bits per heavy atom. The minimum absolute atomic E-state index is 0.110. The van der Waals surface area contributed by atoms with Gasteiger partial charge in [0, 0.05) is 12.4 Å². The van der Waals surface area contributed by atoms with Crippen molar-refractivity contribution in [2.24, 2.45) is 0 Å².